The van der Waals surface area contributed by atoms with Crippen LogP contribution in [0.2, 0.25) is 15.2 Å². The van der Waals surface area contributed by atoms with Gasteiger partial charge in [-0.2, -0.15) is 0 Å². The first kappa shape index (κ1) is 14.4. The minimum absolute atomic E-state index is 0.394. The lowest BCUT2D eigenvalue weighted by atomic mass is 10.2. The zero-order valence-corrected chi connectivity index (χ0v) is 13.0. The summed E-state index contributed by atoms with van der Waals surface area (Å²) in [5.41, 5.74) is 1.00. The average molecular weight is 339 g/mol. The maximum Gasteiger partial charge on any atom is 0.159 e. The van der Waals surface area contributed by atoms with Crippen molar-refractivity contribution in [1.82, 2.24) is 10.2 Å². The van der Waals surface area contributed by atoms with E-state index in [1.807, 2.05) is 36.4 Å². The van der Waals surface area contributed by atoms with E-state index in [4.69, 9.17) is 34.8 Å². The van der Waals surface area contributed by atoms with Crippen LogP contribution in [0.4, 0.5) is 5.82 Å². The van der Waals surface area contributed by atoms with Gasteiger partial charge in [-0.25, -0.2) is 0 Å². The van der Waals surface area contributed by atoms with Crippen molar-refractivity contribution in [3.8, 4) is 0 Å². The van der Waals surface area contributed by atoms with Crippen molar-refractivity contribution in [2.45, 2.75) is 6.54 Å². The van der Waals surface area contributed by atoms with Crippen molar-refractivity contribution in [1.29, 1.82) is 0 Å². The number of nitrogens with one attached hydrogen (secondary N) is 1. The number of aromatic nitrogens is 2. The molecule has 0 aliphatic heterocycles. The molecule has 1 N–H and O–H groups in total. The number of hydrogen-bond acceptors (Lipinski definition) is 3. The van der Waals surface area contributed by atoms with Gasteiger partial charge in [0.15, 0.2) is 11.0 Å². The highest BCUT2D eigenvalue weighted by Gasteiger charge is 2.07. The van der Waals surface area contributed by atoms with Gasteiger partial charge in [0.1, 0.15) is 0 Å². The predicted octanol–water partition coefficient (Wildman–Crippen LogP) is 5.20. The van der Waals surface area contributed by atoms with Gasteiger partial charge in [-0.1, -0.05) is 65.1 Å². The first-order valence-electron chi connectivity index (χ1n) is 6.24. The molecule has 2 aromatic carbocycles. The Hall–Kier alpha value is -1.55. The Labute approximate surface area is 136 Å². The number of hydrogen-bond donors (Lipinski definition) is 1. The summed E-state index contributed by atoms with van der Waals surface area (Å²) in [5.74, 6) is 0.682. The van der Waals surface area contributed by atoms with E-state index in [0.29, 0.717) is 27.6 Å². The Morgan fingerprint density at radius 3 is 2.38 bits per heavy atom. The van der Waals surface area contributed by atoms with Crippen LogP contribution in [-0.4, -0.2) is 10.2 Å². The summed E-state index contributed by atoms with van der Waals surface area (Å²) in [6, 6.07) is 13.2. The summed E-state index contributed by atoms with van der Waals surface area (Å²) in [5, 5.41) is 14.6. The van der Waals surface area contributed by atoms with Crippen LogP contribution in [0.3, 0.4) is 0 Å². The van der Waals surface area contributed by atoms with Crippen LogP contribution in [0.5, 0.6) is 0 Å². The average Bonchev–Trinajstić information content (AvgIpc) is 2.50. The SMILES string of the molecule is Clc1ccc(CNc2nnc(Cl)c3ccccc23)cc1Cl. The van der Waals surface area contributed by atoms with Gasteiger partial charge in [-0.15, -0.1) is 10.2 Å². The second-order valence-electron chi connectivity index (χ2n) is 4.49. The van der Waals surface area contributed by atoms with Crippen LogP contribution in [-0.2, 0) is 6.54 Å². The van der Waals surface area contributed by atoms with E-state index in [0.717, 1.165) is 16.3 Å². The maximum absolute atomic E-state index is 6.05. The molecule has 1 heterocycles. The van der Waals surface area contributed by atoms with Crippen molar-refractivity contribution in [2.24, 2.45) is 0 Å². The van der Waals surface area contributed by atoms with Crippen molar-refractivity contribution >= 4 is 51.4 Å². The molecule has 0 aliphatic rings. The standard InChI is InChI=1S/C15H10Cl3N3/c16-12-6-5-9(7-13(12)17)8-19-15-11-4-2-1-3-10(11)14(18)20-21-15/h1-7H,8H2,(H,19,21). The van der Waals surface area contributed by atoms with E-state index < -0.39 is 0 Å². The molecule has 0 bridgehead atoms. The van der Waals surface area contributed by atoms with Crippen LogP contribution < -0.4 is 5.32 Å². The number of halogens is 3. The quantitative estimate of drug-likeness (QED) is 0.713. The fraction of sp³-hybridized carbons (Fsp3) is 0.0667. The normalized spacial score (nSPS) is 10.8. The Bertz CT molecular complexity index is 805. The smallest absolute Gasteiger partial charge is 0.159 e. The molecule has 0 saturated carbocycles. The predicted molar refractivity (Wildman–Crippen MR) is 88.3 cm³/mol. The van der Waals surface area contributed by atoms with Crippen LogP contribution >= 0.6 is 34.8 Å². The van der Waals surface area contributed by atoms with Gasteiger partial charge in [0.25, 0.3) is 0 Å². The van der Waals surface area contributed by atoms with E-state index in [1.54, 1.807) is 6.07 Å². The fourth-order valence-corrected chi connectivity index (χ4v) is 2.56. The number of fused-ring (bicyclic) bond motifs is 1. The molecular formula is C15H10Cl3N3. The second-order valence-corrected chi connectivity index (χ2v) is 5.66. The summed E-state index contributed by atoms with van der Waals surface area (Å²) in [6.07, 6.45) is 0. The molecule has 0 radical (unpaired) electrons. The van der Waals surface area contributed by atoms with Crippen molar-refractivity contribution in [3.05, 3.63) is 63.2 Å². The Morgan fingerprint density at radius 2 is 1.62 bits per heavy atom. The molecule has 106 valence electrons. The molecule has 1 aromatic heterocycles. The van der Waals surface area contributed by atoms with Crippen LogP contribution in [0.1, 0.15) is 5.56 Å². The number of anilines is 1. The van der Waals surface area contributed by atoms with Gasteiger partial charge < -0.3 is 5.32 Å². The highest BCUT2D eigenvalue weighted by Crippen LogP contribution is 2.27. The zero-order chi connectivity index (χ0) is 14.8. The Balaban J connectivity index is 1.88. The molecule has 0 spiro atoms. The summed E-state index contributed by atoms with van der Waals surface area (Å²) in [4.78, 5) is 0. The van der Waals surface area contributed by atoms with Crippen LogP contribution in [0.25, 0.3) is 10.8 Å². The van der Waals surface area contributed by atoms with Crippen molar-refractivity contribution < 1.29 is 0 Å². The molecule has 21 heavy (non-hydrogen) atoms. The Kier molecular flexibility index (Phi) is 4.15. The van der Waals surface area contributed by atoms with E-state index in [2.05, 4.69) is 15.5 Å². The molecule has 0 saturated heterocycles. The molecular weight excluding hydrogens is 329 g/mol. The lowest BCUT2D eigenvalue weighted by Crippen LogP contribution is -2.03. The van der Waals surface area contributed by atoms with Crippen molar-refractivity contribution in [3.63, 3.8) is 0 Å². The van der Waals surface area contributed by atoms with Gasteiger partial charge >= 0.3 is 0 Å². The minimum Gasteiger partial charge on any atom is -0.364 e. The topological polar surface area (TPSA) is 37.8 Å². The molecule has 0 amide bonds. The van der Waals surface area contributed by atoms with Crippen molar-refractivity contribution in [2.75, 3.05) is 5.32 Å². The Morgan fingerprint density at radius 1 is 0.857 bits per heavy atom. The van der Waals surface area contributed by atoms with Gasteiger partial charge in [-0.05, 0) is 17.7 Å². The largest absolute Gasteiger partial charge is 0.364 e. The fourth-order valence-electron chi connectivity index (χ4n) is 2.04. The maximum atomic E-state index is 6.05. The van der Waals surface area contributed by atoms with E-state index in [-0.39, 0.29) is 0 Å². The lowest BCUT2D eigenvalue weighted by Gasteiger charge is -2.09. The first-order valence-corrected chi connectivity index (χ1v) is 7.37. The minimum atomic E-state index is 0.394. The highest BCUT2D eigenvalue weighted by atomic mass is 35.5. The van der Waals surface area contributed by atoms with Crippen LogP contribution in [0, 0.1) is 0 Å². The van der Waals surface area contributed by atoms with E-state index >= 15 is 0 Å². The number of rotatable bonds is 3. The first-order chi connectivity index (χ1) is 10.1. The summed E-state index contributed by atoms with van der Waals surface area (Å²) < 4.78 is 0. The van der Waals surface area contributed by atoms with Gasteiger partial charge in [0, 0.05) is 17.3 Å². The molecule has 0 aliphatic carbocycles. The van der Waals surface area contributed by atoms with E-state index in [9.17, 15) is 0 Å². The van der Waals surface area contributed by atoms with E-state index in [1.165, 1.54) is 0 Å². The highest BCUT2D eigenvalue weighted by molar-refractivity contribution is 6.42. The monoisotopic (exact) mass is 337 g/mol. The number of nitrogens with zero attached hydrogens (tertiary/aromatic N) is 2. The zero-order valence-electron chi connectivity index (χ0n) is 10.8. The third-order valence-electron chi connectivity index (χ3n) is 3.09. The van der Waals surface area contributed by atoms with Gasteiger partial charge in [-0.3, -0.25) is 0 Å². The lowest BCUT2D eigenvalue weighted by molar-refractivity contribution is 1.02. The van der Waals surface area contributed by atoms with Gasteiger partial charge in [0.05, 0.1) is 10.0 Å². The summed E-state index contributed by atoms with van der Waals surface area (Å²) in [7, 11) is 0. The third-order valence-corrected chi connectivity index (χ3v) is 4.10. The van der Waals surface area contributed by atoms with Gasteiger partial charge in [0.2, 0.25) is 0 Å². The molecule has 3 aromatic rings. The summed E-state index contributed by atoms with van der Waals surface area (Å²) >= 11 is 18.0. The molecule has 3 nitrogen and oxygen atoms in total. The molecule has 0 unspecified atom stereocenters. The molecule has 6 heteroatoms. The molecule has 0 fully saturated rings. The third kappa shape index (κ3) is 3.05. The van der Waals surface area contributed by atoms with Crippen LogP contribution in [0.15, 0.2) is 42.5 Å². The molecule has 3 rings (SSSR count). The summed E-state index contributed by atoms with van der Waals surface area (Å²) in [6.45, 7) is 0.567. The number of benzene rings is 2. The second kappa shape index (κ2) is 6.06. The molecule has 0 atom stereocenters.